The van der Waals surface area contributed by atoms with Crippen molar-refractivity contribution < 1.29 is 12.8 Å². The summed E-state index contributed by atoms with van der Waals surface area (Å²) in [6.07, 6.45) is 1.46. The molecule has 26 heavy (non-hydrogen) atoms. The maximum absolute atomic E-state index is 11.9. The van der Waals surface area contributed by atoms with Gasteiger partial charge in [0.05, 0.1) is 11.1 Å². The van der Waals surface area contributed by atoms with Crippen LogP contribution >= 0.6 is 0 Å². The Labute approximate surface area is 153 Å². The third-order valence-corrected chi connectivity index (χ3v) is 4.49. The first-order valence-electron chi connectivity index (χ1n) is 7.84. The van der Waals surface area contributed by atoms with Crippen molar-refractivity contribution in [1.82, 2.24) is 4.83 Å². The Morgan fingerprint density at radius 2 is 1.38 bits per heavy atom. The van der Waals surface area contributed by atoms with E-state index in [2.05, 4.69) is 9.93 Å². The van der Waals surface area contributed by atoms with Gasteiger partial charge in [0.25, 0.3) is 10.0 Å². The van der Waals surface area contributed by atoms with Gasteiger partial charge in [0.15, 0.2) is 0 Å². The number of nitrogens with one attached hydrogen (secondary N) is 1. The van der Waals surface area contributed by atoms with Crippen LogP contribution in [0.4, 0.5) is 4.39 Å². The standard InChI is InChI=1S/C14H14N2O2S.C6H5F/c1-12-7-9-14(10-8-12)19(17,18)16-15-11-13-5-3-2-4-6-13;7-6-4-2-1-3-5-6/h2-11,16H,1H3;1-5H. The molecule has 4 nitrogen and oxygen atoms in total. The normalized spacial score (nSPS) is 10.8. The van der Waals surface area contributed by atoms with E-state index in [9.17, 15) is 12.8 Å². The lowest BCUT2D eigenvalue weighted by molar-refractivity contribution is 0.584. The topological polar surface area (TPSA) is 58.5 Å². The van der Waals surface area contributed by atoms with Gasteiger partial charge in [-0.1, -0.05) is 66.2 Å². The zero-order valence-electron chi connectivity index (χ0n) is 14.2. The molecule has 0 bridgehead atoms. The van der Waals surface area contributed by atoms with Crippen LogP contribution in [0.1, 0.15) is 11.1 Å². The van der Waals surface area contributed by atoms with E-state index in [4.69, 9.17) is 0 Å². The van der Waals surface area contributed by atoms with Gasteiger partial charge in [0.1, 0.15) is 5.82 Å². The number of nitrogens with zero attached hydrogens (tertiary/aromatic N) is 1. The highest BCUT2D eigenvalue weighted by Gasteiger charge is 2.11. The summed E-state index contributed by atoms with van der Waals surface area (Å²) in [6, 6.07) is 23.8. The van der Waals surface area contributed by atoms with Gasteiger partial charge < -0.3 is 0 Å². The van der Waals surface area contributed by atoms with Gasteiger partial charge in [-0.05, 0) is 36.8 Å². The maximum atomic E-state index is 11.9. The fraction of sp³-hybridized carbons (Fsp3) is 0.0500. The van der Waals surface area contributed by atoms with Crippen molar-refractivity contribution >= 4 is 16.2 Å². The molecular formula is C20H19FN2O2S. The minimum atomic E-state index is -3.60. The van der Waals surface area contributed by atoms with Crippen LogP contribution < -0.4 is 4.83 Å². The van der Waals surface area contributed by atoms with Gasteiger partial charge in [-0.15, -0.1) is 0 Å². The number of hydrazone groups is 1. The highest BCUT2D eigenvalue weighted by molar-refractivity contribution is 7.89. The Morgan fingerprint density at radius 1 is 0.846 bits per heavy atom. The van der Waals surface area contributed by atoms with Crippen molar-refractivity contribution in [2.75, 3.05) is 0 Å². The molecular weight excluding hydrogens is 351 g/mol. The molecule has 0 heterocycles. The number of hydrogen-bond acceptors (Lipinski definition) is 3. The van der Waals surface area contributed by atoms with Crippen LogP contribution in [0.15, 0.2) is 94.9 Å². The van der Waals surface area contributed by atoms with Crippen LogP contribution in [0.25, 0.3) is 0 Å². The van der Waals surface area contributed by atoms with Gasteiger partial charge in [-0.2, -0.15) is 13.5 Å². The van der Waals surface area contributed by atoms with Crippen molar-refractivity contribution in [3.8, 4) is 0 Å². The minimum Gasteiger partial charge on any atom is -0.207 e. The van der Waals surface area contributed by atoms with Gasteiger partial charge >= 0.3 is 0 Å². The van der Waals surface area contributed by atoms with Crippen LogP contribution in [-0.2, 0) is 10.0 Å². The van der Waals surface area contributed by atoms with E-state index in [0.29, 0.717) is 0 Å². The first-order chi connectivity index (χ1) is 12.5. The fourth-order valence-electron chi connectivity index (χ4n) is 1.89. The van der Waals surface area contributed by atoms with Crippen LogP contribution in [0.3, 0.4) is 0 Å². The lowest BCUT2D eigenvalue weighted by Crippen LogP contribution is -2.18. The highest BCUT2D eigenvalue weighted by atomic mass is 32.2. The number of halogens is 1. The smallest absolute Gasteiger partial charge is 0.207 e. The number of aryl methyl sites for hydroxylation is 1. The number of sulfonamides is 1. The molecule has 0 aliphatic rings. The maximum Gasteiger partial charge on any atom is 0.276 e. The Morgan fingerprint density at radius 3 is 1.88 bits per heavy atom. The van der Waals surface area contributed by atoms with E-state index >= 15 is 0 Å². The molecule has 0 aromatic heterocycles. The largest absolute Gasteiger partial charge is 0.276 e. The second-order valence-electron chi connectivity index (χ2n) is 5.37. The monoisotopic (exact) mass is 370 g/mol. The Hall–Kier alpha value is -2.99. The molecule has 0 saturated heterocycles. The Balaban J connectivity index is 0.000000290. The van der Waals surface area contributed by atoms with E-state index in [1.807, 2.05) is 37.3 Å². The molecule has 6 heteroatoms. The van der Waals surface area contributed by atoms with E-state index in [0.717, 1.165) is 11.1 Å². The molecule has 0 aliphatic carbocycles. The van der Waals surface area contributed by atoms with Gasteiger partial charge in [-0.25, -0.2) is 9.22 Å². The molecule has 0 saturated carbocycles. The SMILES string of the molecule is Cc1ccc(S(=O)(=O)NN=Cc2ccccc2)cc1.Fc1ccccc1. The lowest BCUT2D eigenvalue weighted by Gasteiger charge is -2.03. The average molecular weight is 370 g/mol. The zero-order valence-corrected chi connectivity index (χ0v) is 15.0. The number of benzene rings is 3. The highest BCUT2D eigenvalue weighted by Crippen LogP contribution is 2.09. The second-order valence-corrected chi connectivity index (χ2v) is 7.03. The summed E-state index contributed by atoms with van der Waals surface area (Å²) < 4.78 is 35.7. The zero-order chi connectivity index (χ0) is 18.8. The minimum absolute atomic E-state index is 0.178. The van der Waals surface area contributed by atoms with E-state index in [-0.39, 0.29) is 10.7 Å². The average Bonchev–Trinajstić information content (AvgIpc) is 2.64. The summed E-state index contributed by atoms with van der Waals surface area (Å²) in [5.74, 6) is -0.178. The molecule has 0 fully saturated rings. The van der Waals surface area contributed by atoms with Gasteiger partial charge in [0, 0.05) is 0 Å². The summed E-state index contributed by atoms with van der Waals surface area (Å²) >= 11 is 0. The van der Waals surface area contributed by atoms with Crippen LogP contribution in [0.2, 0.25) is 0 Å². The molecule has 0 atom stereocenters. The number of hydrogen-bond donors (Lipinski definition) is 1. The van der Waals surface area contributed by atoms with Crippen molar-refractivity contribution in [3.05, 3.63) is 102 Å². The van der Waals surface area contributed by atoms with E-state index < -0.39 is 10.0 Å². The molecule has 0 unspecified atom stereocenters. The molecule has 1 N–H and O–H groups in total. The second kappa shape index (κ2) is 9.48. The van der Waals surface area contributed by atoms with Crippen molar-refractivity contribution in [1.29, 1.82) is 0 Å². The predicted molar refractivity (Wildman–Crippen MR) is 102 cm³/mol. The van der Waals surface area contributed by atoms with Crippen molar-refractivity contribution in [3.63, 3.8) is 0 Å². The van der Waals surface area contributed by atoms with Crippen LogP contribution in [0.5, 0.6) is 0 Å². The summed E-state index contributed by atoms with van der Waals surface area (Å²) in [5.41, 5.74) is 1.83. The van der Waals surface area contributed by atoms with E-state index in [1.54, 1.807) is 42.5 Å². The molecule has 0 spiro atoms. The quantitative estimate of drug-likeness (QED) is 0.554. The third-order valence-electron chi connectivity index (χ3n) is 3.25. The van der Waals surface area contributed by atoms with Crippen molar-refractivity contribution in [2.45, 2.75) is 11.8 Å². The molecule has 3 aromatic rings. The van der Waals surface area contributed by atoms with E-state index in [1.165, 1.54) is 18.3 Å². The Bertz CT molecular complexity index is 927. The molecule has 0 aliphatic heterocycles. The molecule has 3 rings (SSSR count). The summed E-state index contributed by atoms with van der Waals surface area (Å²) in [6.45, 7) is 1.90. The first-order valence-corrected chi connectivity index (χ1v) is 9.33. The lowest BCUT2D eigenvalue weighted by atomic mass is 10.2. The third kappa shape index (κ3) is 6.49. The fourth-order valence-corrected chi connectivity index (χ4v) is 2.69. The molecule has 0 amide bonds. The summed E-state index contributed by atoms with van der Waals surface area (Å²) in [5, 5.41) is 3.75. The van der Waals surface area contributed by atoms with Gasteiger partial charge in [-0.3, -0.25) is 0 Å². The predicted octanol–water partition coefficient (Wildman–Crippen LogP) is 4.13. The van der Waals surface area contributed by atoms with Gasteiger partial charge in [0.2, 0.25) is 0 Å². The molecule has 0 radical (unpaired) electrons. The first kappa shape index (κ1) is 19.3. The van der Waals surface area contributed by atoms with Crippen LogP contribution in [0, 0.1) is 12.7 Å². The number of rotatable bonds is 4. The molecule has 134 valence electrons. The summed E-state index contributed by atoms with van der Waals surface area (Å²) in [4.78, 5) is 2.38. The van der Waals surface area contributed by atoms with Crippen molar-refractivity contribution in [2.24, 2.45) is 5.10 Å². The molecule has 3 aromatic carbocycles. The Kier molecular flexibility index (Phi) is 7.05. The van der Waals surface area contributed by atoms with Crippen LogP contribution in [-0.4, -0.2) is 14.6 Å². The summed E-state index contributed by atoms with van der Waals surface area (Å²) in [7, 11) is -3.60.